The lowest BCUT2D eigenvalue weighted by atomic mass is 10.1. The van der Waals surface area contributed by atoms with Crippen molar-refractivity contribution < 1.29 is 0 Å². The molecule has 0 saturated carbocycles. The molecule has 244 valence electrons. The number of benzene rings is 8. The highest BCUT2D eigenvalue weighted by Gasteiger charge is 2.27. The number of para-hydroxylation sites is 2. The van der Waals surface area contributed by atoms with E-state index in [-0.39, 0.29) is 0 Å². The summed E-state index contributed by atoms with van der Waals surface area (Å²) in [6.45, 7) is 0. The topological polar surface area (TPSA) is 9.86 Å². The molecule has 11 rings (SSSR count). The van der Waals surface area contributed by atoms with Crippen molar-refractivity contribution >= 4 is 67.1 Å². The molecule has 1 aliphatic rings. The third-order valence-electron chi connectivity index (χ3n) is 10.4. The molecule has 0 radical (unpaired) electrons. The van der Waals surface area contributed by atoms with Gasteiger partial charge in [-0.2, -0.15) is 0 Å². The van der Waals surface area contributed by atoms with Gasteiger partial charge in [-0.15, -0.1) is 0 Å². The smallest absolute Gasteiger partial charge is 0.0692 e. The maximum Gasteiger partial charge on any atom is 0.0692 e. The maximum atomic E-state index is 2.48. The minimum atomic E-state index is 1.17. The highest BCUT2D eigenvalue weighted by atomic mass is 32.2. The van der Waals surface area contributed by atoms with E-state index in [1.807, 2.05) is 23.5 Å². The second-order valence-electron chi connectivity index (χ2n) is 13.3. The second kappa shape index (κ2) is 11.8. The van der Waals surface area contributed by atoms with Crippen molar-refractivity contribution in [1.82, 2.24) is 9.13 Å². The molecule has 0 aliphatic carbocycles. The lowest BCUT2D eigenvalue weighted by Crippen LogP contribution is -2.00. The molecule has 10 aromatic rings. The van der Waals surface area contributed by atoms with Crippen LogP contribution in [0.4, 0.5) is 0 Å². The minimum Gasteiger partial charge on any atom is -0.308 e. The first-order chi connectivity index (χ1) is 25.8. The van der Waals surface area contributed by atoms with Crippen molar-refractivity contribution in [2.75, 3.05) is 0 Å². The summed E-state index contributed by atoms with van der Waals surface area (Å²) in [4.78, 5) is 5.20. The van der Waals surface area contributed by atoms with Crippen molar-refractivity contribution in [3.8, 4) is 33.6 Å². The molecule has 0 bridgehead atoms. The molecule has 0 unspecified atom stereocenters. The predicted molar refractivity (Wildman–Crippen MR) is 221 cm³/mol. The Bertz CT molecular complexity index is 2990. The first-order valence-corrected chi connectivity index (χ1v) is 19.2. The van der Waals surface area contributed by atoms with Gasteiger partial charge in [0.2, 0.25) is 0 Å². The zero-order valence-corrected chi connectivity index (χ0v) is 29.7. The van der Waals surface area contributed by atoms with E-state index in [2.05, 4.69) is 191 Å². The van der Waals surface area contributed by atoms with E-state index in [0.717, 1.165) is 0 Å². The molecule has 2 aromatic heterocycles. The van der Waals surface area contributed by atoms with Crippen LogP contribution in [0.1, 0.15) is 0 Å². The zero-order chi connectivity index (χ0) is 34.2. The van der Waals surface area contributed by atoms with Crippen LogP contribution in [0.25, 0.3) is 77.2 Å². The quantitative estimate of drug-likeness (QED) is 0.181. The Morgan fingerprint density at radius 1 is 0.308 bits per heavy atom. The molecule has 4 heteroatoms. The fourth-order valence-electron chi connectivity index (χ4n) is 8.02. The SMILES string of the molecule is c1ccc(-c2ccc(-n3c4ccccc4c4ccc5c(c43)Sc3ccc4c6ccccc6n(-c6cccc(-c7ccccc7)c6)c4c3S5)cc2)cc1. The number of hydrogen-bond donors (Lipinski definition) is 0. The summed E-state index contributed by atoms with van der Waals surface area (Å²) < 4.78 is 4.96. The van der Waals surface area contributed by atoms with Crippen LogP contribution in [0.3, 0.4) is 0 Å². The van der Waals surface area contributed by atoms with E-state index >= 15 is 0 Å². The molecule has 0 spiro atoms. The monoisotopic (exact) mass is 698 g/mol. The molecular weight excluding hydrogens is 669 g/mol. The van der Waals surface area contributed by atoms with Crippen LogP contribution < -0.4 is 0 Å². The van der Waals surface area contributed by atoms with Crippen LogP contribution in [0.2, 0.25) is 0 Å². The van der Waals surface area contributed by atoms with Gasteiger partial charge in [0.05, 0.1) is 31.9 Å². The van der Waals surface area contributed by atoms with Crippen molar-refractivity contribution in [2.24, 2.45) is 0 Å². The number of hydrogen-bond acceptors (Lipinski definition) is 2. The molecule has 0 atom stereocenters. The fourth-order valence-corrected chi connectivity index (χ4v) is 10.5. The van der Waals surface area contributed by atoms with E-state index < -0.39 is 0 Å². The number of nitrogens with zero attached hydrogens (tertiary/aromatic N) is 2. The Labute approximate surface area is 310 Å². The van der Waals surface area contributed by atoms with Crippen LogP contribution >= 0.6 is 23.5 Å². The van der Waals surface area contributed by atoms with Crippen LogP contribution in [0, 0.1) is 0 Å². The molecule has 0 N–H and O–H groups in total. The number of fused-ring (bicyclic) bond motifs is 10. The third kappa shape index (κ3) is 4.55. The van der Waals surface area contributed by atoms with E-state index in [1.165, 1.54) is 96.8 Å². The summed E-state index contributed by atoms with van der Waals surface area (Å²) in [5, 5.41) is 5.12. The van der Waals surface area contributed by atoms with Gasteiger partial charge in [-0.05, 0) is 70.8 Å². The Morgan fingerprint density at radius 2 is 0.769 bits per heavy atom. The van der Waals surface area contributed by atoms with Gasteiger partial charge < -0.3 is 9.13 Å². The summed E-state index contributed by atoms with van der Waals surface area (Å²) in [5.74, 6) is 0. The summed E-state index contributed by atoms with van der Waals surface area (Å²) in [5.41, 5.74) is 12.2. The van der Waals surface area contributed by atoms with Gasteiger partial charge in [-0.3, -0.25) is 0 Å². The van der Waals surface area contributed by atoms with Gasteiger partial charge in [0.1, 0.15) is 0 Å². The van der Waals surface area contributed by atoms with Gasteiger partial charge >= 0.3 is 0 Å². The minimum absolute atomic E-state index is 1.17. The molecule has 3 heterocycles. The lowest BCUT2D eigenvalue weighted by Gasteiger charge is -2.22. The molecule has 0 saturated heterocycles. The molecule has 8 aromatic carbocycles. The summed E-state index contributed by atoms with van der Waals surface area (Å²) >= 11 is 3.82. The highest BCUT2D eigenvalue weighted by Crippen LogP contribution is 2.55. The van der Waals surface area contributed by atoms with Crippen molar-refractivity contribution in [3.63, 3.8) is 0 Å². The average Bonchev–Trinajstić information content (AvgIpc) is 3.75. The van der Waals surface area contributed by atoms with Crippen molar-refractivity contribution in [1.29, 1.82) is 0 Å². The Kier molecular flexibility index (Phi) is 6.76. The second-order valence-corrected chi connectivity index (χ2v) is 15.4. The normalized spacial score (nSPS) is 12.5. The summed E-state index contributed by atoms with van der Waals surface area (Å²) in [6.07, 6.45) is 0. The van der Waals surface area contributed by atoms with E-state index in [1.54, 1.807) is 0 Å². The first-order valence-electron chi connectivity index (χ1n) is 17.6. The van der Waals surface area contributed by atoms with Crippen LogP contribution in [0.15, 0.2) is 202 Å². The van der Waals surface area contributed by atoms with Crippen LogP contribution in [0.5, 0.6) is 0 Å². The Balaban J connectivity index is 1.11. The van der Waals surface area contributed by atoms with Gasteiger partial charge in [0.15, 0.2) is 0 Å². The highest BCUT2D eigenvalue weighted by molar-refractivity contribution is 8.05. The lowest BCUT2D eigenvalue weighted by molar-refractivity contribution is 1.10. The average molecular weight is 699 g/mol. The summed E-state index contributed by atoms with van der Waals surface area (Å²) in [6, 6.07) is 66.4. The predicted octanol–water partition coefficient (Wildman–Crippen LogP) is 13.8. The molecule has 0 fully saturated rings. The summed E-state index contributed by atoms with van der Waals surface area (Å²) in [7, 11) is 0. The first kappa shape index (κ1) is 29.8. The fraction of sp³-hybridized carbons (Fsp3) is 0. The van der Waals surface area contributed by atoms with Gasteiger partial charge in [0, 0.05) is 42.7 Å². The molecule has 52 heavy (non-hydrogen) atoms. The van der Waals surface area contributed by atoms with E-state index in [4.69, 9.17) is 0 Å². The van der Waals surface area contributed by atoms with E-state index in [9.17, 15) is 0 Å². The third-order valence-corrected chi connectivity index (χ3v) is 13.0. The standard InChI is InChI=1S/C48H30N2S2/c1-3-12-31(13-4-1)33-22-24-35(25-23-33)49-41-20-9-7-18-37(41)39-26-28-43-47(45(39)49)51-44-29-27-40-38-19-8-10-21-42(38)50(46(40)48(44)52-43)36-17-11-16-34(30-36)32-14-5-2-6-15-32/h1-30H. The number of rotatable bonds is 4. The molecule has 2 nitrogen and oxygen atoms in total. The molecule has 1 aliphatic heterocycles. The maximum absolute atomic E-state index is 2.48. The van der Waals surface area contributed by atoms with Gasteiger partial charge in [-0.1, -0.05) is 157 Å². The van der Waals surface area contributed by atoms with Crippen LogP contribution in [-0.4, -0.2) is 9.13 Å². The van der Waals surface area contributed by atoms with Crippen molar-refractivity contribution in [3.05, 3.63) is 182 Å². The Morgan fingerprint density at radius 3 is 1.35 bits per heavy atom. The van der Waals surface area contributed by atoms with Gasteiger partial charge in [-0.25, -0.2) is 0 Å². The van der Waals surface area contributed by atoms with E-state index in [0.29, 0.717) is 0 Å². The van der Waals surface area contributed by atoms with Crippen molar-refractivity contribution in [2.45, 2.75) is 19.6 Å². The largest absolute Gasteiger partial charge is 0.308 e. The number of aromatic nitrogens is 2. The molecular formula is C48H30N2S2. The van der Waals surface area contributed by atoms with Gasteiger partial charge in [0.25, 0.3) is 0 Å². The molecule has 0 amide bonds. The van der Waals surface area contributed by atoms with Crippen LogP contribution in [-0.2, 0) is 0 Å². The Hall–Kier alpha value is -5.94. The zero-order valence-electron chi connectivity index (χ0n) is 28.0.